The van der Waals surface area contributed by atoms with Crippen molar-refractivity contribution in [1.29, 1.82) is 0 Å². The molecule has 0 aliphatic carbocycles. The zero-order valence-corrected chi connectivity index (χ0v) is 15.3. The van der Waals surface area contributed by atoms with Crippen molar-refractivity contribution in [3.05, 3.63) is 64.8 Å². The van der Waals surface area contributed by atoms with Crippen molar-refractivity contribution in [2.75, 3.05) is 11.4 Å². The predicted molar refractivity (Wildman–Crippen MR) is 95.9 cm³/mol. The molecule has 5 nitrogen and oxygen atoms in total. The first kappa shape index (κ1) is 19.4. The van der Waals surface area contributed by atoms with E-state index in [1.54, 1.807) is 0 Å². The van der Waals surface area contributed by atoms with Gasteiger partial charge < -0.3 is 9.42 Å². The Morgan fingerprint density at radius 2 is 1.97 bits per heavy atom. The van der Waals surface area contributed by atoms with Crippen molar-refractivity contribution in [1.82, 2.24) is 10.1 Å². The number of anilines is 1. The zero-order valence-electron chi connectivity index (χ0n) is 14.6. The van der Waals surface area contributed by atoms with Crippen molar-refractivity contribution in [3.8, 4) is 11.4 Å². The average Bonchev–Trinajstić information content (AvgIpc) is 3.30. The molecule has 4 rings (SSSR count). The third-order valence-corrected chi connectivity index (χ3v) is 4.88. The number of rotatable bonds is 3. The largest absolute Gasteiger partial charge is 0.416 e. The lowest BCUT2D eigenvalue weighted by Crippen LogP contribution is -2.24. The standard InChI is InChI=1S/C19H12ClF4N3O2/c20-14-5-4-13(21)8-15(14)27-9-11(7-16(27)28)18-25-17(26-29-18)10-2-1-3-12(6-10)19(22,23)24/h1-6,8,11H,7,9H2. The molecule has 1 aliphatic heterocycles. The van der Waals surface area contributed by atoms with Gasteiger partial charge in [0.25, 0.3) is 0 Å². The van der Waals surface area contributed by atoms with Crippen LogP contribution in [0, 0.1) is 5.82 Å². The second-order valence-electron chi connectivity index (χ2n) is 6.54. The van der Waals surface area contributed by atoms with E-state index in [1.165, 1.54) is 29.2 Å². The van der Waals surface area contributed by atoms with Gasteiger partial charge in [-0.15, -0.1) is 0 Å². The Hall–Kier alpha value is -2.94. The van der Waals surface area contributed by atoms with Gasteiger partial charge in [-0.2, -0.15) is 18.2 Å². The molecule has 0 N–H and O–H groups in total. The van der Waals surface area contributed by atoms with Crippen molar-refractivity contribution in [2.24, 2.45) is 0 Å². The highest BCUT2D eigenvalue weighted by atomic mass is 35.5. The van der Waals surface area contributed by atoms with E-state index < -0.39 is 23.5 Å². The van der Waals surface area contributed by atoms with E-state index in [0.29, 0.717) is 0 Å². The molecule has 29 heavy (non-hydrogen) atoms. The summed E-state index contributed by atoms with van der Waals surface area (Å²) in [6.07, 6.45) is -4.47. The van der Waals surface area contributed by atoms with Gasteiger partial charge in [0.15, 0.2) is 0 Å². The normalized spacial score (nSPS) is 17.2. The van der Waals surface area contributed by atoms with Crippen LogP contribution < -0.4 is 4.90 Å². The van der Waals surface area contributed by atoms with Crippen LogP contribution in [0.15, 0.2) is 47.0 Å². The van der Waals surface area contributed by atoms with Crippen molar-refractivity contribution in [2.45, 2.75) is 18.5 Å². The van der Waals surface area contributed by atoms with E-state index in [-0.39, 0.29) is 46.9 Å². The molecule has 0 spiro atoms. The maximum Gasteiger partial charge on any atom is 0.416 e. The first-order valence-electron chi connectivity index (χ1n) is 8.49. The van der Waals surface area contributed by atoms with Crippen LogP contribution in [0.25, 0.3) is 11.4 Å². The Labute approximate surface area is 166 Å². The first-order chi connectivity index (χ1) is 13.7. The van der Waals surface area contributed by atoms with Gasteiger partial charge in [-0.05, 0) is 30.3 Å². The van der Waals surface area contributed by atoms with Crippen LogP contribution in [-0.4, -0.2) is 22.6 Å². The minimum Gasteiger partial charge on any atom is -0.339 e. The van der Waals surface area contributed by atoms with Crippen LogP contribution in [0.1, 0.15) is 23.8 Å². The van der Waals surface area contributed by atoms with Crippen LogP contribution in [0.2, 0.25) is 5.02 Å². The number of nitrogens with zero attached hydrogens (tertiary/aromatic N) is 3. The van der Waals surface area contributed by atoms with Crippen molar-refractivity contribution >= 4 is 23.2 Å². The highest BCUT2D eigenvalue weighted by Gasteiger charge is 2.36. The molecule has 0 radical (unpaired) electrons. The molecule has 150 valence electrons. The predicted octanol–water partition coefficient (Wildman–Crippen LogP) is 5.07. The molecule has 10 heteroatoms. The summed E-state index contributed by atoms with van der Waals surface area (Å²) in [5, 5.41) is 3.96. The summed E-state index contributed by atoms with van der Waals surface area (Å²) in [6, 6.07) is 8.25. The number of benzene rings is 2. The molecule has 1 fully saturated rings. The summed E-state index contributed by atoms with van der Waals surface area (Å²) in [5.74, 6) is -1.23. The molecule has 1 aromatic heterocycles. The maximum absolute atomic E-state index is 13.5. The summed E-state index contributed by atoms with van der Waals surface area (Å²) in [6.45, 7) is 0.131. The number of carbonyl (C=O) groups is 1. The van der Waals surface area contributed by atoms with Crippen molar-refractivity contribution < 1.29 is 26.9 Å². The average molecular weight is 426 g/mol. The van der Waals surface area contributed by atoms with Gasteiger partial charge in [-0.25, -0.2) is 4.39 Å². The van der Waals surface area contributed by atoms with Gasteiger partial charge >= 0.3 is 6.18 Å². The van der Waals surface area contributed by atoms with Gasteiger partial charge in [0.2, 0.25) is 17.6 Å². The Morgan fingerprint density at radius 1 is 1.17 bits per heavy atom. The van der Waals surface area contributed by atoms with Crippen molar-refractivity contribution in [3.63, 3.8) is 0 Å². The number of halogens is 5. The fourth-order valence-corrected chi connectivity index (χ4v) is 3.37. The lowest BCUT2D eigenvalue weighted by Gasteiger charge is -2.17. The molecule has 0 bridgehead atoms. The number of aromatic nitrogens is 2. The molecule has 2 heterocycles. The second-order valence-corrected chi connectivity index (χ2v) is 6.94. The van der Waals surface area contributed by atoms with Crippen LogP contribution >= 0.6 is 11.6 Å². The van der Waals surface area contributed by atoms with E-state index in [4.69, 9.17) is 16.1 Å². The minimum atomic E-state index is -4.49. The Morgan fingerprint density at radius 3 is 2.72 bits per heavy atom. The van der Waals surface area contributed by atoms with Gasteiger partial charge in [-0.1, -0.05) is 28.9 Å². The van der Waals surface area contributed by atoms with E-state index in [2.05, 4.69) is 10.1 Å². The van der Waals surface area contributed by atoms with E-state index >= 15 is 0 Å². The van der Waals surface area contributed by atoms with E-state index in [1.807, 2.05) is 0 Å². The molecule has 1 saturated heterocycles. The van der Waals surface area contributed by atoms with Crippen LogP contribution in [0.4, 0.5) is 23.2 Å². The fraction of sp³-hybridized carbons (Fsp3) is 0.211. The molecule has 1 atom stereocenters. The van der Waals surface area contributed by atoms with Gasteiger partial charge in [0.05, 0.1) is 22.2 Å². The lowest BCUT2D eigenvalue weighted by molar-refractivity contribution is -0.137. The smallest absolute Gasteiger partial charge is 0.339 e. The second kappa shape index (κ2) is 7.14. The molecular formula is C19H12ClF4N3O2. The Kier molecular flexibility index (Phi) is 4.77. The number of carbonyl (C=O) groups excluding carboxylic acids is 1. The molecule has 0 saturated carbocycles. The highest BCUT2D eigenvalue weighted by molar-refractivity contribution is 6.33. The van der Waals surface area contributed by atoms with Gasteiger partial charge in [-0.3, -0.25) is 4.79 Å². The molecular weight excluding hydrogens is 414 g/mol. The van der Waals surface area contributed by atoms with Crippen LogP contribution in [0.3, 0.4) is 0 Å². The molecule has 1 aliphatic rings. The Bertz CT molecular complexity index is 1080. The maximum atomic E-state index is 13.5. The quantitative estimate of drug-likeness (QED) is 0.550. The zero-order chi connectivity index (χ0) is 20.8. The van der Waals surface area contributed by atoms with E-state index in [0.717, 1.165) is 18.2 Å². The third kappa shape index (κ3) is 3.82. The number of hydrogen-bond acceptors (Lipinski definition) is 4. The SMILES string of the molecule is O=C1CC(c2nc(-c3cccc(C(F)(F)F)c3)no2)CN1c1cc(F)ccc1Cl. The number of hydrogen-bond donors (Lipinski definition) is 0. The lowest BCUT2D eigenvalue weighted by atomic mass is 10.1. The number of amides is 1. The Balaban J connectivity index is 1.58. The summed E-state index contributed by atoms with van der Waals surface area (Å²) in [5.41, 5.74) is -0.453. The molecule has 1 unspecified atom stereocenters. The topological polar surface area (TPSA) is 59.2 Å². The summed E-state index contributed by atoms with van der Waals surface area (Å²) >= 11 is 6.07. The minimum absolute atomic E-state index is 0.0132. The van der Waals surface area contributed by atoms with Crippen LogP contribution in [0.5, 0.6) is 0 Å². The van der Waals surface area contributed by atoms with E-state index in [9.17, 15) is 22.4 Å². The molecule has 3 aromatic rings. The van der Waals surface area contributed by atoms with Gasteiger partial charge in [0, 0.05) is 18.5 Å². The third-order valence-electron chi connectivity index (χ3n) is 4.56. The fourth-order valence-electron chi connectivity index (χ4n) is 3.15. The number of alkyl halides is 3. The molecule has 2 aromatic carbocycles. The summed E-state index contributed by atoms with van der Waals surface area (Å²) < 4.78 is 57.4. The van der Waals surface area contributed by atoms with Gasteiger partial charge in [0.1, 0.15) is 5.82 Å². The monoisotopic (exact) mass is 425 g/mol. The summed E-state index contributed by atoms with van der Waals surface area (Å²) in [4.78, 5) is 17.9. The molecule has 1 amide bonds. The first-order valence-corrected chi connectivity index (χ1v) is 8.87. The highest BCUT2D eigenvalue weighted by Crippen LogP contribution is 2.36. The summed E-state index contributed by atoms with van der Waals surface area (Å²) in [7, 11) is 0. The van der Waals surface area contributed by atoms with Crippen LogP contribution in [-0.2, 0) is 11.0 Å².